The SMILES string of the molecule is CN=C(NCCC(=O)OC(C)C)NC1CCN(C(=O)C2CCCCC2)C1.I. The average Bonchev–Trinajstić information content (AvgIpc) is 3.08. The molecule has 0 aromatic heterocycles. The normalized spacial score (nSPS) is 21.0. The number of hydrogen-bond donors (Lipinski definition) is 2. The zero-order valence-electron chi connectivity index (χ0n) is 16.8. The molecular formula is C19H35IN4O3. The van der Waals surface area contributed by atoms with Crippen LogP contribution in [-0.4, -0.2) is 61.6 Å². The molecule has 2 N–H and O–H groups in total. The smallest absolute Gasteiger partial charge is 0.307 e. The van der Waals surface area contributed by atoms with Gasteiger partial charge in [-0.25, -0.2) is 0 Å². The predicted octanol–water partition coefficient (Wildman–Crippen LogP) is 2.29. The Morgan fingerprint density at radius 2 is 1.89 bits per heavy atom. The van der Waals surface area contributed by atoms with Crippen LogP contribution in [0.4, 0.5) is 0 Å². The van der Waals surface area contributed by atoms with Gasteiger partial charge >= 0.3 is 5.97 Å². The van der Waals surface area contributed by atoms with E-state index < -0.39 is 0 Å². The summed E-state index contributed by atoms with van der Waals surface area (Å²) in [5, 5.41) is 6.50. The van der Waals surface area contributed by atoms with Crippen LogP contribution in [0.15, 0.2) is 4.99 Å². The minimum absolute atomic E-state index is 0. The van der Waals surface area contributed by atoms with Crippen molar-refractivity contribution in [1.29, 1.82) is 0 Å². The number of amides is 1. The number of aliphatic imine (C=N–C) groups is 1. The molecule has 1 saturated carbocycles. The van der Waals surface area contributed by atoms with E-state index in [0.717, 1.165) is 32.4 Å². The third-order valence-corrected chi connectivity index (χ3v) is 5.01. The van der Waals surface area contributed by atoms with Gasteiger partial charge in [0.05, 0.1) is 12.5 Å². The molecule has 2 aliphatic rings. The van der Waals surface area contributed by atoms with Crippen molar-refractivity contribution in [1.82, 2.24) is 15.5 Å². The fourth-order valence-electron chi connectivity index (χ4n) is 3.68. The molecule has 1 heterocycles. The molecule has 0 aromatic carbocycles. The van der Waals surface area contributed by atoms with Crippen LogP contribution in [0.2, 0.25) is 0 Å². The van der Waals surface area contributed by atoms with Crippen LogP contribution in [0.25, 0.3) is 0 Å². The molecule has 27 heavy (non-hydrogen) atoms. The van der Waals surface area contributed by atoms with Gasteiger partial charge in [0.25, 0.3) is 0 Å². The van der Waals surface area contributed by atoms with Gasteiger partial charge in [-0.2, -0.15) is 0 Å². The monoisotopic (exact) mass is 494 g/mol. The van der Waals surface area contributed by atoms with Crippen LogP contribution in [-0.2, 0) is 14.3 Å². The first kappa shape index (κ1) is 24.0. The second-order valence-corrected chi connectivity index (χ2v) is 7.54. The maximum Gasteiger partial charge on any atom is 0.307 e. The lowest BCUT2D eigenvalue weighted by atomic mass is 9.88. The third-order valence-electron chi connectivity index (χ3n) is 5.01. The van der Waals surface area contributed by atoms with Crippen LogP contribution < -0.4 is 10.6 Å². The van der Waals surface area contributed by atoms with Gasteiger partial charge in [-0.3, -0.25) is 14.6 Å². The lowest BCUT2D eigenvalue weighted by Gasteiger charge is -2.26. The largest absolute Gasteiger partial charge is 0.463 e. The number of ether oxygens (including phenoxy) is 1. The number of hydrogen-bond acceptors (Lipinski definition) is 4. The van der Waals surface area contributed by atoms with E-state index in [1.54, 1.807) is 7.05 Å². The first-order chi connectivity index (χ1) is 12.5. The van der Waals surface area contributed by atoms with Crippen LogP contribution >= 0.6 is 24.0 Å². The number of likely N-dealkylation sites (tertiary alicyclic amines) is 1. The van der Waals surface area contributed by atoms with Crippen molar-refractivity contribution in [2.24, 2.45) is 10.9 Å². The fraction of sp³-hybridized carbons (Fsp3) is 0.842. The van der Waals surface area contributed by atoms with Gasteiger partial charge in [0.1, 0.15) is 0 Å². The molecule has 1 amide bonds. The van der Waals surface area contributed by atoms with E-state index in [4.69, 9.17) is 4.74 Å². The Morgan fingerprint density at radius 1 is 1.19 bits per heavy atom. The number of esters is 1. The third kappa shape index (κ3) is 8.23. The Hall–Kier alpha value is -1.06. The number of carbonyl (C=O) groups is 2. The minimum atomic E-state index is -0.215. The molecule has 0 bridgehead atoms. The number of rotatable bonds is 6. The van der Waals surface area contributed by atoms with Crippen molar-refractivity contribution < 1.29 is 14.3 Å². The first-order valence-electron chi connectivity index (χ1n) is 9.95. The molecular weight excluding hydrogens is 459 g/mol. The Labute approximate surface area is 180 Å². The molecule has 1 saturated heterocycles. The molecule has 0 aromatic rings. The molecule has 7 nitrogen and oxygen atoms in total. The molecule has 0 spiro atoms. The topological polar surface area (TPSA) is 83.0 Å². The summed E-state index contributed by atoms with van der Waals surface area (Å²) >= 11 is 0. The summed E-state index contributed by atoms with van der Waals surface area (Å²) in [6.07, 6.45) is 6.85. The van der Waals surface area contributed by atoms with Crippen LogP contribution in [0.1, 0.15) is 58.8 Å². The summed E-state index contributed by atoms with van der Waals surface area (Å²) in [4.78, 5) is 30.4. The zero-order valence-corrected chi connectivity index (χ0v) is 19.2. The van der Waals surface area contributed by atoms with E-state index in [1.165, 1.54) is 19.3 Å². The van der Waals surface area contributed by atoms with E-state index in [2.05, 4.69) is 15.6 Å². The van der Waals surface area contributed by atoms with Gasteiger partial charge in [-0.1, -0.05) is 19.3 Å². The van der Waals surface area contributed by atoms with Gasteiger partial charge in [0.2, 0.25) is 5.91 Å². The van der Waals surface area contributed by atoms with Gasteiger partial charge in [-0.05, 0) is 33.1 Å². The van der Waals surface area contributed by atoms with Crippen molar-refractivity contribution >= 4 is 41.8 Å². The Kier molecular flexibility index (Phi) is 11.0. The molecule has 156 valence electrons. The lowest BCUT2D eigenvalue weighted by Crippen LogP contribution is -2.46. The highest BCUT2D eigenvalue weighted by Crippen LogP contribution is 2.26. The molecule has 2 fully saturated rings. The van der Waals surface area contributed by atoms with E-state index >= 15 is 0 Å². The molecule has 2 rings (SSSR count). The number of guanidine groups is 1. The molecule has 1 unspecified atom stereocenters. The fourth-order valence-corrected chi connectivity index (χ4v) is 3.68. The quantitative estimate of drug-likeness (QED) is 0.256. The van der Waals surface area contributed by atoms with Crippen molar-refractivity contribution in [3.63, 3.8) is 0 Å². The number of nitrogens with one attached hydrogen (secondary N) is 2. The van der Waals surface area contributed by atoms with Gasteiger partial charge in [-0.15, -0.1) is 24.0 Å². The van der Waals surface area contributed by atoms with Crippen LogP contribution in [0, 0.1) is 5.92 Å². The highest BCUT2D eigenvalue weighted by atomic mass is 127. The molecule has 1 atom stereocenters. The molecule has 8 heteroatoms. The Morgan fingerprint density at radius 3 is 2.52 bits per heavy atom. The minimum Gasteiger partial charge on any atom is -0.463 e. The van der Waals surface area contributed by atoms with Crippen molar-refractivity contribution in [3.8, 4) is 0 Å². The summed E-state index contributed by atoms with van der Waals surface area (Å²) in [7, 11) is 1.71. The highest BCUT2D eigenvalue weighted by molar-refractivity contribution is 14.0. The second-order valence-electron chi connectivity index (χ2n) is 7.54. The summed E-state index contributed by atoms with van der Waals surface area (Å²) in [6, 6.07) is 0.205. The molecule has 0 radical (unpaired) electrons. The zero-order chi connectivity index (χ0) is 18.9. The highest BCUT2D eigenvalue weighted by Gasteiger charge is 2.31. The maximum absolute atomic E-state index is 12.6. The van der Waals surface area contributed by atoms with E-state index in [9.17, 15) is 9.59 Å². The number of halogens is 1. The van der Waals surface area contributed by atoms with Crippen molar-refractivity contribution in [2.75, 3.05) is 26.7 Å². The Bertz CT molecular complexity index is 507. The summed E-state index contributed by atoms with van der Waals surface area (Å²) in [6.45, 7) is 5.69. The van der Waals surface area contributed by atoms with Gasteiger partial charge in [0.15, 0.2) is 5.96 Å². The van der Waals surface area contributed by atoms with Crippen LogP contribution in [0.3, 0.4) is 0 Å². The van der Waals surface area contributed by atoms with Crippen molar-refractivity contribution in [3.05, 3.63) is 0 Å². The standard InChI is InChI=1S/C19H34N4O3.HI/c1-14(2)26-17(24)9-11-21-19(20-3)22-16-10-12-23(13-16)18(25)15-7-5-4-6-8-15;/h14-16H,4-13H2,1-3H3,(H2,20,21,22);1H. The number of carbonyl (C=O) groups excluding carboxylic acids is 2. The van der Waals surface area contributed by atoms with E-state index in [1.807, 2.05) is 18.7 Å². The number of nitrogens with zero attached hydrogens (tertiary/aromatic N) is 2. The maximum atomic E-state index is 12.6. The van der Waals surface area contributed by atoms with Crippen LogP contribution in [0.5, 0.6) is 0 Å². The summed E-state index contributed by atoms with van der Waals surface area (Å²) in [5.41, 5.74) is 0. The molecule has 1 aliphatic carbocycles. The molecule has 1 aliphatic heterocycles. The second kappa shape index (κ2) is 12.4. The summed E-state index contributed by atoms with van der Waals surface area (Å²) < 4.78 is 5.11. The Balaban J connectivity index is 0.00000364. The summed E-state index contributed by atoms with van der Waals surface area (Å²) in [5.74, 6) is 1.01. The van der Waals surface area contributed by atoms with Crippen molar-refractivity contribution in [2.45, 2.75) is 70.9 Å². The van der Waals surface area contributed by atoms with Gasteiger partial charge < -0.3 is 20.3 Å². The van der Waals surface area contributed by atoms with Gasteiger partial charge in [0, 0.05) is 38.6 Å². The average molecular weight is 494 g/mol. The lowest BCUT2D eigenvalue weighted by molar-refractivity contribution is -0.147. The van der Waals surface area contributed by atoms with E-state index in [-0.39, 0.29) is 48.0 Å². The predicted molar refractivity (Wildman–Crippen MR) is 117 cm³/mol. The van der Waals surface area contributed by atoms with E-state index in [0.29, 0.717) is 24.8 Å². The first-order valence-corrected chi connectivity index (χ1v) is 9.95.